The molecule has 1 aromatic heterocycles. The van der Waals surface area contributed by atoms with Gasteiger partial charge in [-0.1, -0.05) is 29.5 Å². The van der Waals surface area contributed by atoms with E-state index in [1.807, 2.05) is 30.3 Å². The zero-order chi connectivity index (χ0) is 17.8. The summed E-state index contributed by atoms with van der Waals surface area (Å²) in [4.78, 5) is 16.7. The van der Waals surface area contributed by atoms with E-state index in [9.17, 15) is 10.1 Å². The van der Waals surface area contributed by atoms with Crippen LogP contribution < -0.4 is 10.1 Å². The molecule has 25 heavy (non-hydrogen) atoms. The van der Waals surface area contributed by atoms with Crippen molar-refractivity contribution in [2.24, 2.45) is 0 Å². The summed E-state index contributed by atoms with van der Waals surface area (Å²) in [6, 6.07) is 14.8. The van der Waals surface area contributed by atoms with E-state index in [-0.39, 0.29) is 5.57 Å². The number of methoxy groups -OCH3 is 1. The van der Waals surface area contributed by atoms with E-state index in [0.29, 0.717) is 16.4 Å². The van der Waals surface area contributed by atoms with Gasteiger partial charge in [0.2, 0.25) is 0 Å². The van der Waals surface area contributed by atoms with Crippen LogP contribution in [0.2, 0.25) is 0 Å². The Balaban J connectivity index is 1.83. The van der Waals surface area contributed by atoms with Crippen molar-refractivity contribution in [3.63, 3.8) is 0 Å². The molecule has 0 saturated heterocycles. The second-order valence-electron chi connectivity index (χ2n) is 5.00. The third kappa shape index (κ3) is 3.87. The molecule has 0 aliphatic heterocycles. The number of nitrogens with zero attached hydrogens (tertiary/aromatic N) is 2. The van der Waals surface area contributed by atoms with Gasteiger partial charge < -0.3 is 4.74 Å². The summed E-state index contributed by atoms with van der Waals surface area (Å²) in [5, 5.41) is 12.5. The minimum Gasteiger partial charge on any atom is -0.496 e. The van der Waals surface area contributed by atoms with E-state index in [0.717, 1.165) is 14.7 Å². The van der Waals surface area contributed by atoms with Crippen molar-refractivity contribution in [1.29, 1.82) is 5.26 Å². The molecule has 0 aliphatic carbocycles. The van der Waals surface area contributed by atoms with Gasteiger partial charge in [0.25, 0.3) is 5.91 Å². The number of hydrogen-bond donors (Lipinski definition) is 1. The molecule has 2 aromatic carbocycles. The van der Waals surface area contributed by atoms with Crippen LogP contribution in [0.1, 0.15) is 5.56 Å². The molecule has 0 saturated carbocycles. The molecular formula is C18H12BrN3O2S. The van der Waals surface area contributed by atoms with Gasteiger partial charge in [-0.25, -0.2) is 4.98 Å². The van der Waals surface area contributed by atoms with Crippen LogP contribution in [0, 0.1) is 11.3 Å². The van der Waals surface area contributed by atoms with Crippen LogP contribution >= 0.6 is 27.3 Å². The first-order valence-corrected chi connectivity index (χ1v) is 8.84. The first-order chi connectivity index (χ1) is 12.1. The number of benzene rings is 2. The molecule has 1 heterocycles. The van der Waals surface area contributed by atoms with Gasteiger partial charge in [-0.05, 0) is 51.8 Å². The Morgan fingerprint density at radius 3 is 2.84 bits per heavy atom. The molecule has 0 unspecified atom stereocenters. The average molecular weight is 414 g/mol. The molecule has 5 nitrogen and oxygen atoms in total. The maximum Gasteiger partial charge on any atom is 0.268 e. The maximum atomic E-state index is 12.4. The predicted molar refractivity (Wildman–Crippen MR) is 103 cm³/mol. The molecule has 1 amide bonds. The summed E-state index contributed by atoms with van der Waals surface area (Å²) >= 11 is 4.75. The Morgan fingerprint density at radius 2 is 2.16 bits per heavy atom. The van der Waals surface area contributed by atoms with Crippen molar-refractivity contribution in [3.05, 3.63) is 58.1 Å². The number of aromatic nitrogens is 1. The summed E-state index contributed by atoms with van der Waals surface area (Å²) in [6.07, 6.45) is 1.52. The molecule has 0 bridgehead atoms. The van der Waals surface area contributed by atoms with Crippen molar-refractivity contribution in [3.8, 4) is 11.8 Å². The quantitative estimate of drug-likeness (QED) is 0.500. The van der Waals surface area contributed by atoms with E-state index < -0.39 is 5.91 Å². The number of carbonyl (C=O) groups excluding carboxylic acids is 1. The highest BCUT2D eigenvalue weighted by atomic mass is 79.9. The number of hydrogen-bond acceptors (Lipinski definition) is 5. The normalized spacial score (nSPS) is 11.2. The second kappa shape index (κ2) is 7.47. The predicted octanol–water partition coefficient (Wildman–Crippen LogP) is 4.61. The van der Waals surface area contributed by atoms with Crippen molar-refractivity contribution < 1.29 is 9.53 Å². The van der Waals surface area contributed by atoms with Crippen LogP contribution in [0.3, 0.4) is 0 Å². The molecule has 7 heteroatoms. The lowest BCUT2D eigenvalue weighted by molar-refractivity contribution is -0.112. The van der Waals surface area contributed by atoms with Crippen LogP contribution in [-0.2, 0) is 4.79 Å². The fourth-order valence-electron chi connectivity index (χ4n) is 2.18. The highest BCUT2D eigenvalue weighted by Crippen LogP contribution is 2.27. The summed E-state index contributed by atoms with van der Waals surface area (Å²) in [5.74, 6) is 0.183. The largest absolute Gasteiger partial charge is 0.496 e. The number of rotatable bonds is 4. The van der Waals surface area contributed by atoms with Crippen molar-refractivity contribution in [1.82, 2.24) is 4.98 Å². The van der Waals surface area contributed by atoms with E-state index >= 15 is 0 Å². The van der Waals surface area contributed by atoms with E-state index in [1.165, 1.54) is 17.4 Å². The Labute approximate surface area is 156 Å². The lowest BCUT2D eigenvalue weighted by Crippen LogP contribution is -2.13. The van der Waals surface area contributed by atoms with Gasteiger partial charge in [0, 0.05) is 0 Å². The fraction of sp³-hybridized carbons (Fsp3) is 0.0556. The standard InChI is InChI=1S/C18H12BrN3O2S/c1-24-15-7-6-11(9-13(15)19)8-12(10-20)17(23)22-18-21-14-4-2-3-5-16(14)25-18/h2-9H,1H3,(H,21,22,23)/b12-8-. The number of anilines is 1. The highest BCUT2D eigenvalue weighted by Gasteiger charge is 2.13. The van der Waals surface area contributed by atoms with Crippen LogP contribution in [0.5, 0.6) is 5.75 Å². The van der Waals surface area contributed by atoms with Crippen molar-refractivity contribution in [2.75, 3.05) is 12.4 Å². The van der Waals surface area contributed by atoms with Gasteiger partial charge in [0.1, 0.15) is 17.4 Å². The monoisotopic (exact) mass is 413 g/mol. The number of halogens is 1. The van der Waals surface area contributed by atoms with Crippen molar-refractivity contribution >= 4 is 54.6 Å². The minimum absolute atomic E-state index is 0.00340. The molecule has 3 rings (SSSR count). The molecule has 0 spiro atoms. The summed E-state index contributed by atoms with van der Waals surface area (Å²) in [7, 11) is 1.57. The first kappa shape index (κ1) is 17.1. The molecular weight excluding hydrogens is 402 g/mol. The minimum atomic E-state index is -0.492. The first-order valence-electron chi connectivity index (χ1n) is 7.23. The lowest BCUT2D eigenvalue weighted by Gasteiger charge is -2.04. The fourth-order valence-corrected chi connectivity index (χ4v) is 3.60. The number of para-hydroxylation sites is 1. The van der Waals surface area contributed by atoms with Gasteiger partial charge in [-0.3, -0.25) is 10.1 Å². The van der Waals surface area contributed by atoms with Crippen molar-refractivity contribution in [2.45, 2.75) is 0 Å². The lowest BCUT2D eigenvalue weighted by atomic mass is 10.1. The number of carbonyl (C=O) groups is 1. The third-order valence-corrected chi connectivity index (χ3v) is 4.94. The van der Waals surface area contributed by atoms with Gasteiger partial charge in [0.05, 0.1) is 21.8 Å². The van der Waals surface area contributed by atoms with Gasteiger partial charge in [-0.2, -0.15) is 5.26 Å². The zero-order valence-corrected chi connectivity index (χ0v) is 15.5. The number of nitriles is 1. The molecule has 1 N–H and O–H groups in total. The number of amides is 1. The molecule has 0 radical (unpaired) electrons. The summed E-state index contributed by atoms with van der Waals surface area (Å²) < 4.78 is 6.88. The topological polar surface area (TPSA) is 75.0 Å². The SMILES string of the molecule is COc1ccc(/C=C(/C#N)C(=O)Nc2nc3ccccc3s2)cc1Br. The molecule has 0 aliphatic rings. The number of ether oxygens (including phenoxy) is 1. The molecule has 0 atom stereocenters. The van der Waals surface area contributed by atoms with Crippen LogP contribution in [0.25, 0.3) is 16.3 Å². The summed E-state index contributed by atoms with van der Waals surface area (Å²) in [6.45, 7) is 0. The number of fused-ring (bicyclic) bond motifs is 1. The molecule has 3 aromatic rings. The Morgan fingerprint density at radius 1 is 1.36 bits per heavy atom. The Hall–Kier alpha value is -2.69. The third-order valence-electron chi connectivity index (χ3n) is 3.37. The average Bonchev–Trinajstić information content (AvgIpc) is 3.01. The molecule has 0 fully saturated rings. The van der Waals surface area contributed by atoms with Gasteiger partial charge in [-0.15, -0.1) is 0 Å². The number of nitrogens with one attached hydrogen (secondary N) is 1. The highest BCUT2D eigenvalue weighted by molar-refractivity contribution is 9.10. The Kier molecular flexibility index (Phi) is 5.12. The van der Waals surface area contributed by atoms with Gasteiger partial charge >= 0.3 is 0 Å². The summed E-state index contributed by atoms with van der Waals surface area (Å²) in [5.41, 5.74) is 1.52. The maximum absolute atomic E-state index is 12.4. The van der Waals surface area contributed by atoms with E-state index in [4.69, 9.17) is 4.74 Å². The smallest absolute Gasteiger partial charge is 0.268 e. The number of thiazole rings is 1. The van der Waals surface area contributed by atoms with Crippen LogP contribution in [-0.4, -0.2) is 18.0 Å². The van der Waals surface area contributed by atoms with E-state index in [1.54, 1.807) is 25.3 Å². The zero-order valence-electron chi connectivity index (χ0n) is 13.1. The second-order valence-corrected chi connectivity index (χ2v) is 6.89. The Bertz CT molecular complexity index is 988. The van der Waals surface area contributed by atoms with Crippen LogP contribution in [0.4, 0.5) is 5.13 Å². The van der Waals surface area contributed by atoms with Gasteiger partial charge in [0.15, 0.2) is 5.13 Å². The van der Waals surface area contributed by atoms with E-state index in [2.05, 4.69) is 26.2 Å². The molecule has 124 valence electrons. The van der Waals surface area contributed by atoms with Crippen LogP contribution in [0.15, 0.2) is 52.5 Å².